The van der Waals surface area contributed by atoms with Gasteiger partial charge < -0.3 is 0 Å². The molecule has 1 aliphatic rings. The zero-order chi connectivity index (χ0) is 13.3. The van der Waals surface area contributed by atoms with Gasteiger partial charge in [0.2, 0.25) is 8.87 Å². The Morgan fingerprint density at radius 2 is 2.00 bits per heavy atom. The minimum Gasteiger partial charge on any atom is -0.212 e. The van der Waals surface area contributed by atoms with Gasteiger partial charge in [-0.05, 0) is 37.5 Å². The smallest absolute Gasteiger partial charge is 0.212 e. The van der Waals surface area contributed by atoms with E-state index in [-0.39, 0.29) is 0 Å². The van der Waals surface area contributed by atoms with Gasteiger partial charge in [-0.2, -0.15) is 0 Å². The minimum absolute atomic E-state index is 0.439. The van der Waals surface area contributed by atoms with E-state index < -0.39 is 8.87 Å². The van der Waals surface area contributed by atoms with E-state index in [0.29, 0.717) is 4.90 Å². The molecule has 2 nitrogen and oxygen atoms in total. The molecule has 0 fully saturated rings. The van der Waals surface area contributed by atoms with Crippen LogP contribution in [0.5, 0.6) is 0 Å². The summed E-state index contributed by atoms with van der Waals surface area (Å²) < 4.78 is 24.3. The van der Waals surface area contributed by atoms with Gasteiger partial charge in [0, 0.05) is 21.3 Å². The Morgan fingerprint density at radius 3 is 2.67 bits per heavy atom. The van der Waals surface area contributed by atoms with E-state index in [9.17, 15) is 8.42 Å². The van der Waals surface area contributed by atoms with Gasteiger partial charge in [0.25, 0.3) is 0 Å². The van der Waals surface area contributed by atoms with E-state index in [1.54, 1.807) is 6.07 Å². The third kappa shape index (κ3) is 2.40. The number of allylic oxidation sites excluding steroid dienone is 4. The van der Waals surface area contributed by atoms with Gasteiger partial charge in [-0.1, -0.05) is 31.2 Å². The molecule has 4 heteroatoms. The molecule has 0 spiro atoms. The van der Waals surface area contributed by atoms with Crippen molar-refractivity contribution in [2.75, 3.05) is 0 Å². The van der Waals surface area contributed by atoms with Crippen LogP contribution in [-0.4, -0.2) is 8.42 Å². The average Bonchev–Trinajstić information content (AvgIpc) is 2.29. The molecule has 2 rings (SSSR count). The predicted molar refractivity (Wildman–Crippen MR) is 78.0 cm³/mol. The van der Waals surface area contributed by atoms with Gasteiger partial charge in [-0.15, -0.1) is 0 Å². The van der Waals surface area contributed by atoms with Gasteiger partial charge in [0.05, 0.1) is 4.90 Å². The molecule has 0 saturated carbocycles. The maximum absolute atomic E-state index is 12.2. The van der Waals surface area contributed by atoms with Crippen LogP contribution in [0.2, 0.25) is 0 Å². The molecular weight excluding hydrogens is 264 g/mol. The van der Waals surface area contributed by atoms with E-state index in [1.807, 2.05) is 32.1 Å². The van der Waals surface area contributed by atoms with Crippen LogP contribution < -0.4 is 0 Å². The summed E-state index contributed by atoms with van der Waals surface area (Å²) in [5.74, 6) is 0. The molecule has 1 heterocycles. The summed E-state index contributed by atoms with van der Waals surface area (Å²) in [7, 11) is -2.29. The minimum atomic E-state index is -3.25. The van der Waals surface area contributed by atoms with Crippen molar-refractivity contribution in [3.8, 4) is 0 Å². The Balaban J connectivity index is 2.70. The Morgan fingerprint density at radius 1 is 1.28 bits per heavy atom. The molecule has 0 amide bonds. The lowest BCUT2D eigenvalue weighted by Crippen LogP contribution is -2.06. The van der Waals surface area contributed by atoms with E-state index in [2.05, 4.69) is 13.0 Å². The Labute approximate surface area is 112 Å². The number of fused-ring (bicyclic) bond motifs is 1. The van der Waals surface area contributed by atoms with Crippen molar-refractivity contribution in [1.29, 1.82) is 0 Å². The normalized spacial score (nSPS) is 18.2. The topological polar surface area (TPSA) is 34.1 Å². The Hall–Kier alpha value is -1.00. The van der Waals surface area contributed by atoms with Crippen molar-refractivity contribution in [2.24, 2.45) is 0 Å². The maximum Gasteiger partial charge on any atom is 0.234 e. The summed E-state index contributed by atoms with van der Waals surface area (Å²) in [4.78, 5) is 1.28. The second kappa shape index (κ2) is 4.94. The largest absolute Gasteiger partial charge is 0.234 e. The molecular formula is C14H16O2S2. The summed E-state index contributed by atoms with van der Waals surface area (Å²) in [6.07, 6.45) is 5.02. The van der Waals surface area contributed by atoms with Crippen molar-refractivity contribution in [1.82, 2.24) is 0 Å². The van der Waals surface area contributed by atoms with Crippen LogP contribution in [0.4, 0.5) is 0 Å². The summed E-state index contributed by atoms with van der Waals surface area (Å²) in [6.45, 7) is 5.84. The Bertz CT molecular complexity index is 638. The van der Waals surface area contributed by atoms with Crippen molar-refractivity contribution in [3.63, 3.8) is 0 Å². The van der Waals surface area contributed by atoms with Crippen LogP contribution >= 0.6 is 10.8 Å². The van der Waals surface area contributed by atoms with Gasteiger partial charge >= 0.3 is 0 Å². The number of benzene rings is 1. The first-order chi connectivity index (χ1) is 8.45. The van der Waals surface area contributed by atoms with Crippen molar-refractivity contribution >= 4 is 25.2 Å². The lowest BCUT2D eigenvalue weighted by molar-refractivity contribution is 0.610. The Kier molecular flexibility index (Phi) is 3.69. The molecule has 1 aliphatic heterocycles. The highest BCUT2D eigenvalue weighted by atomic mass is 33.1. The van der Waals surface area contributed by atoms with Gasteiger partial charge in [-0.3, -0.25) is 0 Å². The maximum atomic E-state index is 12.2. The molecule has 0 atom stereocenters. The van der Waals surface area contributed by atoms with E-state index in [0.717, 1.165) is 38.8 Å². The zero-order valence-electron chi connectivity index (χ0n) is 10.7. The SMILES string of the molecule is CC/C=C\C1=C(C)SS(=O)(=O)c2cc(C)ccc21. The average molecular weight is 280 g/mol. The number of hydrogen-bond donors (Lipinski definition) is 0. The third-order valence-electron chi connectivity index (χ3n) is 2.83. The molecule has 1 aromatic carbocycles. The standard InChI is InChI=1S/C14H16O2S2/c1-4-5-6-12-11(3)17-18(15,16)14-9-10(2)7-8-13(12)14/h5-9H,4H2,1-3H3/b6-5-. The van der Waals surface area contributed by atoms with Gasteiger partial charge in [0.15, 0.2) is 0 Å². The molecule has 96 valence electrons. The second-order valence-corrected chi connectivity index (χ2v) is 8.26. The third-order valence-corrected chi connectivity index (χ3v) is 6.34. The predicted octanol–water partition coefficient (Wildman–Crippen LogP) is 4.13. The first-order valence-corrected chi connectivity index (χ1v) is 8.70. The molecule has 0 aliphatic carbocycles. The number of aryl methyl sites for hydroxylation is 1. The fraction of sp³-hybridized carbons (Fsp3) is 0.286. The van der Waals surface area contributed by atoms with Gasteiger partial charge in [0.1, 0.15) is 0 Å². The van der Waals surface area contributed by atoms with E-state index >= 15 is 0 Å². The molecule has 0 aromatic heterocycles. The van der Waals surface area contributed by atoms with Crippen molar-refractivity contribution < 1.29 is 8.42 Å². The quantitative estimate of drug-likeness (QED) is 0.764. The fourth-order valence-electron chi connectivity index (χ4n) is 1.95. The zero-order valence-corrected chi connectivity index (χ0v) is 12.4. The lowest BCUT2D eigenvalue weighted by Gasteiger charge is -2.19. The summed E-state index contributed by atoms with van der Waals surface area (Å²) >= 11 is 0. The molecule has 18 heavy (non-hydrogen) atoms. The molecule has 0 saturated heterocycles. The van der Waals surface area contributed by atoms with Crippen LogP contribution in [0.1, 0.15) is 31.4 Å². The van der Waals surface area contributed by atoms with Gasteiger partial charge in [-0.25, -0.2) is 8.42 Å². The second-order valence-electron chi connectivity index (χ2n) is 4.32. The molecule has 1 aromatic rings. The highest BCUT2D eigenvalue weighted by molar-refractivity contribution is 8.73. The molecule has 0 radical (unpaired) electrons. The molecule has 0 unspecified atom stereocenters. The summed E-state index contributed by atoms with van der Waals surface area (Å²) in [5.41, 5.74) is 2.81. The van der Waals surface area contributed by atoms with Crippen LogP contribution in [0.3, 0.4) is 0 Å². The molecule has 0 N–H and O–H groups in total. The van der Waals surface area contributed by atoms with Crippen LogP contribution in [0, 0.1) is 6.92 Å². The summed E-state index contributed by atoms with van der Waals surface area (Å²) in [5, 5.41) is 0. The van der Waals surface area contributed by atoms with Crippen LogP contribution in [0.25, 0.3) is 5.57 Å². The van der Waals surface area contributed by atoms with Crippen LogP contribution in [0.15, 0.2) is 40.2 Å². The van der Waals surface area contributed by atoms with Crippen molar-refractivity contribution in [2.45, 2.75) is 32.1 Å². The lowest BCUT2D eigenvalue weighted by atomic mass is 10.0. The van der Waals surface area contributed by atoms with E-state index in [4.69, 9.17) is 0 Å². The highest BCUT2D eigenvalue weighted by Crippen LogP contribution is 2.43. The number of hydrogen-bond acceptors (Lipinski definition) is 3. The van der Waals surface area contributed by atoms with E-state index in [1.165, 1.54) is 0 Å². The fourth-order valence-corrected chi connectivity index (χ4v) is 5.35. The highest BCUT2D eigenvalue weighted by Gasteiger charge is 2.28. The number of rotatable bonds is 2. The van der Waals surface area contributed by atoms with Crippen LogP contribution in [-0.2, 0) is 8.87 Å². The first kappa shape index (κ1) is 13.4. The monoisotopic (exact) mass is 280 g/mol. The molecule has 0 bridgehead atoms. The summed E-state index contributed by atoms with van der Waals surface area (Å²) in [6, 6.07) is 5.61. The van der Waals surface area contributed by atoms with Crippen molar-refractivity contribution in [3.05, 3.63) is 46.4 Å². The first-order valence-electron chi connectivity index (χ1n) is 5.88.